The van der Waals surface area contributed by atoms with Crippen LogP contribution >= 0.6 is 0 Å². The summed E-state index contributed by atoms with van der Waals surface area (Å²) < 4.78 is 5.67. The second-order valence-electron chi connectivity index (χ2n) is 8.97. The van der Waals surface area contributed by atoms with E-state index in [9.17, 15) is 10.1 Å². The van der Waals surface area contributed by atoms with E-state index in [0.29, 0.717) is 0 Å². The van der Waals surface area contributed by atoms with Gasteiger partial charge in [0.15, 0.2) is 5.92 Å². The molecular weight excluding hydrogens is 370 g/mol. The van der Waals surface area contributed by atoms with Gasteiger partial charge < -0.3 is 4.74 Å². The Bertz CT molecular complexity index is 1080. The number of carbonyl (C=O) groups is 1. The van der Waals surface area contributed by atoms with Crippen LogP contribution in [0.4, 0.5) is 0 Å². The van der Waals surface area contributed by atoms with Gasteiger partial charge in [-0.1, -0.05) is 80.6 Å². The fourth-order valence-electron chi connectivity index (χ4n) is 4.00. The molecule has 0 saturated heterocycles. The Balaban J connectivity index is 2.27. The van der Waals surface area contributed by atoms with Crippen LogP contribution in [0.15, 0.2) is 66.7 Å². The Morgan fingerprint density at radius 1 is 0.867 bits per heavy atom. The smallest absolute Gasteiger partial charge is 0.324 e. The minimum Gasteiger partial charge on any atom is -0.459 e. The first kappa shape index (κ1) is 21.6. The predicted octanol–water partition coefficient (Wildman–Crippen LogP) is 6.58. The number of rotatable bonds is 5. The lowest BCUT2D eigenvalue weighted by atomic mass is 9.76. The first-order chi connectivity index (χ1) is 14.2. The quantitative estimate of drug-likeness (QED) is 0.456. The average Bonchev–Trinajstić information content (AvgIpc) is 2.70. The van der Waals surface area contributed by atoms with Crippen LogP contribution in [0, 0.1) is 17.2 Å². The highest BCUT2D eigenvalue weighted by molar-refractivity contribution is 5.88. The molecule has 0 fully saturated rings. The number of benzene rings is 3. The molecule has 154 valence electrons. The molecule has 0 amide bonds. The molecule has 2 atom stereocenters. The molecule has 0 saturated carbocycles. The van der Waals surface area contributed by atoms with E-state index in [2.05, 4.69) is 44.2 Å². The maximum atomic E-state index is 13.2. The maximum absolute atomic E-state index is 13.2. The van der Waals surface area contributed by atoms with Gasteiger partial charge in [-0.3, -0.25) is 4.79 Å². The standard InChI is InChI=1S/C27H29NO2/c1-18(2)20-13-8-9-15-22(20)25(24(17-28)26(29)30-27(3,4)5)23-16-10-12-19-11-6-7-14-21(19)23/h6-16,18,24-25H,1-5H3. The molecule has 3 rings (SSSR count). The van der Waals surface area contributed by atoms with Gasteiger partial charge in [-0.15, -0.1) is 0 Å². The van der Waals surface area contributed by atoms with Crippen molar-refractivity contribution in [2.24, 2.45) is 5.92 Å². The molecule has 0 N–H and O–H groups in total. The first-order valence-corrected chi connectivity index (χ1v) is 10.4. The number of nitrogens with zero attached hydrogens (tertiary/aromatic N) is 1. The summed E-state index contributed by atoms with van der Waals surface area (Å²) in [5, 5.41) is 12.3. The number of hydrogen-bond acceptors (Lipinski definition) is 3. The molecule has 3 nitrogen and oxygen atoms in total. The molecule has 0 bridgehead atoms. The first-order valence-electron chi connectivity index (χ1n) is 10.4. The Labute approximate surface area is 179 Å². The summed E-state index contributed by atoms with van der Waals surface area (Å²) in [6.07, 6.45) is 0. The van der Waals surface area contributed by atoms with Crippen LogP contribution in [0.3, 0.4) is 0 Å². The second-order valence-corrected chi connectivity index (χ2v) is 8.97. The molecule has 3 aromatic carbocycles. The van der Waals surface area contributed by atoms with E-state index < -0.39 is 23.4 Å². The lowest BCUT2D eigenvalue weighted by molar-refractivity contribution is -0.158. The van der Waals surface area contributed by atoms with Gasteiger partial charge in [0.2, 0.25) is 0 Å². The second kappa shape index (κ2) is 8.71. The maximum Gasteiger partial charge on any atom is 0.324 e. The largest absolute Gasteiger partial charge is 0.459 e. The molecule has 0 heterocycles. The van der Waals surface area contributed by atoms with E-state index in [-0.39, 0.29) is 5.92 Å². The van der Waals surface area contributed by atoms with Crippen LogP contribution in [0.1, 0.15) is 63.1 Å². The van der Waals surface area contributed by atoms with Crippen molar-refractivity contribution >= 4 is 16.7 Å². The summed E-state index contributed by atoms with van der Waals surface area (Å²) in [6.45, 7) is 9.75. The van der Waals surface area contributed by atoms with Crippen molar-refractivity contribution in [2.45, 2.75) is 52.1 Å². The van der Waals surface area contributed by atoms with E-state index >= 15 is 0 Å². The van der Waals surface area contributed by atoms with Gasteiger partial charge in [0.25, 0.3) is 0 Å². The lowest BCUT2D eigenvalue weighted by Crippen LogP contribution is -2.32. The SMILES string of the molecule is CC(C)c1ccccc1C(c1cccc2ccccc12)C(C#N)C(=O)OC(C)(C)C. The summed E-state index contributed by atoms with van der Waals surface area (Å²) in [5.74, 6) is -1.59. The average molecular weight is 400 g/mol. The van der Waals surface area contributed by atoms with E-state index in [4.69, 9.17) is 4.74 Å². The molecule has 30 heavy (non-hydrogen) atoms. The Kier molecular flexibility index (Phi) is 6.27. The number of carbonyl (C=O) groups excluding carboxylic acids is 1. The number of nitriles is 1. The van der Waals surface area contributed by atoms with Crippen LogP contribution < -0.4 is 0 Å². The van der Waals surface area contributed by atoms with Gasteiger partial charge in [0.1, 0.15) is 5.60 Å². The Morgan fingerprint density at radius 3 is 2.07 bits per heavy atom. The van der Waals surface area contributed by atoms with Gasteiger partial charge in [0.05, 0.1) is 6.07 Å². The Hall–Kier alpha value is -3.12. The van der Waals surface area contributed by atoms with Crippen molar-refractivity contribution in [2.75, 3.05) is 0 Å². The molecule has 3 heteroatoms. The highest BCUT2D eigenvalue weighted by Crippen LogP contribution is 2.40. The summed E-state index contributed by atoms with van der Waals surface area (Å²) in [4.78, 5) is 13.2. The summed E-state index contributed by atoms with van der Waals surface area (Å²) in [7, 11) is 0. The number of ether oxygens (including phenoxy) is 1. The summed E-state index contributed by atoms with van der Waals surface area (Å²) in [6, 6.07) is 24.6. The van der Waals surface area contributed by atoms with Gasteiger partial charge in [0, 0.05) is 5.92 Å². The van der Waals surface area contributed by atoms with Crippen molar-refractivity contribution in [3.63, 3.8) is 0 Å². The zero-order valence-corrected chi connectivity index (χ0v) is 18.3. The highest BCUT2D eigenvalue weighted by Gasteiger charge is 2.36. The molecule has 0 aliphatic carbocycles. The fraction of sp³-hybridized carbons (Fsp3) is 0.333. The van der Waals surface area contributed by atoms with Crippen molar-refractivity contribution < 1.29 is 9.53 Å². The fourth-order valence-corrected chi connectivity index (χ4v) is 4.00. The monoisotopic (exact) mass is 399 g/mol. The molecule has 2 unspecified atom stereocenters. The van der Waals surface area contributed by atoms with Gasteiger partial charge in [-0.25, -0.2) is 0 Å². The summed E-state index contributed by atoms with van der Waals surface area (Å²) >= 11 is 0. The normalized spacial score (nSPS) is 13.6. The zero-order valence-electron chi connectivity index (χ0n) is 18.3. The third-order valence-corrected chi connectivity index (χ3v) is 5.24. The van der Waals surface area contributed by atoms with Gasteiger partial charge in [-0.2, -0.15) is 5.26 Å². The van der Waals surface area contributed by atoms with E-state index in [1.165, 1.54) is 0 Å². The van der Waals surface area contributed by atoms with E-state index in [1.54, 1.807) is 0 Å². The van der Waals surface area contributed by atoms with Crippen molar-refractivity contribution in [1.82, 2.24) is 0 Å². The van der Waals surface area contributed by atoms with Crippen LogP contribution in [0.25, 0.3) is 10.8 Å². The lowest BCUT2D eigenvalue weighted by Gasteiger charge is -2.29. The predicted molar refractivity (Wildman–Crippen MR) is 121 cm³/mol. The summed E-state index contributed by atoms with van der Waals surface area (Å²) in [5.41, 5.74) is 2.45. The van der Waals surface area contributed by atoms with Crippen molar-refractivity contribution in [3.05, 3.63) is 83.4 Å². The van der Waals surface area contributed by atoms with Crippen LogP contribution in [0.2, 0.25) is 0 Å². The minimum absolute atomic E-state index is 0.261. The number of fused-ring (bicyclic) bond motifs is 1. The zero-order chi connectivity index (χ0) is 21.9. The third kappa shape index (κ3) is 4.54. The van der Waals surface area contributed by atoms with E-state index in [0.717, 1.165) is 27.5 Å². The van der Waals surface area contributed by atoms with Crippen molar-refractivity contribution in [1.29, 1.82) is 5.26 Å². The van der Waals surface area contributed by atoms with Crippen molar-refractivity contribution in [3.8, 4) is 6.07 Å². The number of esters is 1. The highest BCUT2D eigenvalue weighted by atomic mass is 16.6. The Morgan fingerprint density at radius 2 is 1.43 bits per heavy atom. The van der Waals surface area contributed by atoms with Crippen LogP contribution in [-0.2, 0) is 9.53 Å². The van der Waals surface area contributed by atoms with Gasteiger partial charge >= 0.3 is 5.97 Å². The molecule has 0 aliphatic rings. The van der Waals surface area contributed by atoms with Crippen LogP contribution in [-0.4, -0.2) is 11.6 Å². The molecular formula is C27H29NO2. The molecule has 3 aromatic rings. The molecule has 0 aliphatic heterocycles. The van der Waals surface area contributed by atoms with E-state index in [1.807, 2.05) is 63.2 Å². The minimum atomic E-state index is -0.949. The van der Waals surface area contributed by atoms with Gasteiger partial charge in [-0.05, 0) is 54.2 Å². The molecule has 0 aromatic heterocycles. The molecule has 0 spiro atoms. The number of hydrogen-bond donors (Lipinski definition) is 0. The van der Waals surface area contributed by atoms with Crippen LogP contribution in [0.5, 0.6) is 0 Å². The molecule has 0 radical (unpaired) electrons. The topological polar surface area (TPSA) is 50.1 Å². The third-order valence-electron chi connectivity index (χ3n) is 5.24.